The van der Waals surface area contributed by atoms with Crippen LogP contribution in [0.1, 0.15) is 0 Å². The molecule has 3 heterocycles. The van der Waals surface area contributed by atoms with Crippen LogP contribution in [0.4, 0.5) is 17.3 Å². The predicted octanol–water partition coefficient (Wildman–Crippen LogP) is 2.97. The fourth-order valence-electron chi connectivity index (χ4n) is 3.58. The molecule has 7 nitrogen and oxygen atoms in total. The fraction of sp³-hybridized carbons (Fsp3) is 0.190. The van der Waals surface area contributed by atoms with Gasteiger partial charge in [-0.15, -0.1) is 5.10 Å². The van der Waals surface area contributed by atoms with Crippen LogP contribution in [-0.4, -0.2) is 45.9 Å². The summed E-state index contributed by atoms with van der Waals surface area (Å²) in [5, 5.41) is 12.6. The lowest BCUT2D eigenvalue weighted by Crippen LogP contribution is -2.43. The number of hydrogen-bond acceptors (Lipinski definition) is 6. The molecule has 0 bridgehead atoms. The van der Waals surface area contributed by atoms with Crippen molar-refractivity contribution < 1.29 is 0 Å². The molecule has 1 fully saturated rings. The van der Waals surface area contributed by atoms with E-state index in [1.165, 1.54) is 5.69 Å². The largest absolute Gasteiger partial charge is 0.369 e. The summed E-state index contributed by atoms with van der Waals surface area (Å²) in [6, 6.07) is 16.8. The first-order chi connectivity index (χ1) is 13.9. The van der Waals surface area contributed by atoms with Crippen LogP contribution in [0, 0.1) is 0 Å². The van der Waals surface area contributed by atoms with E-state index in [-0.39, 0.29) is 0 Å². The lowest BCUT2D eigenvalue weighted by atomic mass is 10.2. The van der Waals surface area contributed by atoms with Crippen molar-refractivity contribution in [1.82, 2.24) is 25.1 Å². The predicted molar refractivity (Wildman–Crippen MR) is 111 cm³/mol. The summed E-state index contributed by atoms with van der Waals surface area (Å²) in [6.45, 7) is 4.06. The van der Waals surface area contributed by atoms with Crippen molar-refractivity contribution in [3.63, 3.8) is 0 Å². The molecular weight excluding hydrogens is 350 g/mol. The second kappa shape index (κ2) is 7.28. The third kappa shape index (κ3) is 3.16. The molecule has 2 aromatic heterocycles. The SMILES string of the molecule is c1cc(N2CCNCC2)cc(-n2nc(Nc3cnccn3)c3ccccc32)c1. The van der Waals surface area contributed by atoms with E-state index in [0.29, 0.717) is 5.82 Å². The van der Waals surface area contributed by atoms with Gasteiger partial charge in [0.05, 0.1) is 17.4 Å². The number of nitrogens with zero attached hydrogens (tertiary/aromatic N) is 5. The maximum Gasteiger partial charge on any atom is 0.162 e. The van der Waals surface area contributed by atoms with Gasteiger partial charge in [0.25, 0.3) is 0 Å². The average Bonchev–Trinajstić information content (AvgIpc) is 3.14. The molecule has 4 aromatic rings. The Morgan fingerprint density at radius 3 is 2.64 bits per heavy atom. The quantitative estimate of drug-likeness (QED) is 0.575. The third-order valence-corrected chi connectivity index (χ3v) is 4.95. The molecule has 7 heteroatoms. The Balaban J connectivity index is 1.56. The van der Waals surface area contributed by atoms with Crippen LogP contribution in [-0.2, 0) is 0 Å². The van der Waals surface area contributed by atoms with Crippen LogP contribution in [0.15, 0.2) is 67.1 Å². The van der Waals surface area contributed by atoms with Crippen LogP contribution in [0.25, 0.3) is 16.6 Å². The van der Waals surface area contributed by atoms with E-state index >= 15 is 0 Å². The minimum atomic E-state index is 0.674. The minimum absolute atomic E-state index is 0.674. The number of aromatic nitrogens is 4. The first-order valence-corrected chi connectivity index (χ1v) is 9.45. The van der Waals surface area contributed by atoms with E-state index in [9.17, 15) is 0 Å². The first kappa shape index (κ1) is 16.7. The van der Waals surface area contributed by atoms with Crippen LogP contribution < -0.4 is 15.5 Å². The number of benzene rings is 2. The van der Waals surface area contributed by atoms with Gasteiger partial charge in [-0.3, -0.25) is 4.98 Å². The van der Waals surface area contributed by atoms with Crippen molar-refractivity contribution >= 4 is 28.2 Å². The summed E-state index contributed by atoms with van der Waals surface area (Å²) in [7, 11) is 0. The van der Waals surface area contributed by atoms with Crippen molar-refractivity contribution in [3.8, 4) is 5.69 Å². The summed E-state index contributed by atoms with van der Waals surface area (Å²) in [4.78, 5) is 10.8. The highest BCUT2D eigenvalue weighted by atomic mass is 15.3. The summed E-state index contributed by atoms with van der Waals surface area (Å²) in [5.41, 5.74) is 3.31. The minimum Gasteiger partial charge on any atom is -0.369 e. The first-order valence-electron chi connectivity index (χ1n) is 9.45. The van der Waals surface area contributed by atoms with E-state index in [1.807, 2.05) is 16.8 Å². The molecule has 2 aromatic carbocycles. The summed E-state index contributed by atoms with van der Waals surface area (Å²) in [6.07, 6.45) is 5.01. The molecule has 140 valence electrons. The standard InChI is InChI=1S/C21H21N7/c1-2-7-19-18(6-1)21(25-20-15-23-8-9-24-20)26-28(19)17-5-3-4-16(14-17)27-12-10-22-11-13-27/h1-9,14-15,22H,10-13H2,(H,24,25,26). The summed E-state index contributed by atoms with van der Waals surface area (Å²) >= 11 is 0. The fourth-order valence-corrected chi connectivity index (χ4v) is 3.58. The van der Waals surface area contributed by atoms with Crippen LogP contribution in [0.3, 0.4) is 0 Å². The molecule has 0 radical (unpaired) electrons. The van der Waals surface area contributed by atoms with Crippen molar-refractivity contribution in [3.05, 3.63) is 67.1 Å². The monoisotopic (exact) mass is 371 g/mol. The molecule has 0 saturated carbocycles. The van der Waals surface area contributed by atoms with E-state index in [4.69, 9.17) is 5.10 Å². The molecule has 5 rings (SSSR count). The third-order valence-electron chi connectivity index (χ3n) is 4.95. The van der Waals surface area contributed by atoms with Gasteiger partial charge in [-0.1, -0.05) is 18.2 Å². The Labute approximate surface area is 163 Å². The second-order valence-corrected chi connectivity index (χ2v) is 6.75. The molecule has 0 unspecified atom stereocenters. The van der Waals surface area contributed by atoms with Gasteiger partial charge in [-0.05, 0) is 30.3 Å². The zero-order valence-corrected chi connectivity index (χ0v) is 15.4. The van der Waals surface area contributed by atoms with Crippen molar-refractivity contribution in [2.45, 2.75) is 0 Å². The van der Waals surface area contributed by atoms with E-state index < -0.39 is 0 Å². The molecule has 1 aliphatic rings. The van der Waals surface area contributed by atoms with Crippen LogP contribution in [0.2, 0.25) is 0 Å². The maximum atomic E-state index is 4.85. The Bertz CT molecular complexity index is 1080. The topological polar surface area (TPSA) is 70.9 Å². The number of hydrogen-bond donors (Lipinski definition) is 2. The van der Waals surface area contributed by atoms with E-state index in [2.05, 4.69) is 61.9 Å². The number of fused-ring (bicyclic) bond motifs is 1. The van der Waals surface area contributed by atoms with Crippen molar-refractivity contribution in [1.29, 1.82) is 0 Å². The highest BCUT2D eigenvalue weighted by molar-refractivity contribution is 5.92. The Hall–Kier alpha value is -3.45. The van der Waals surface area contributed by atoms with E-state index in [0.717, 1.165) is 48.6 Å². The maximum absolute atomic E-state index is 4.85. The number of anilines is 3. The van der Waals surface area contributed by atoms with Gasteiger partial charge in [0.15, 0.2) is 5.82 Å². The highest BCUT2D eigenvalue weighted by Crippen LogP contribution is 2.28. The lowest BCUT2D eigenvalue weighted by molar-refractivity contribution is 0.589. The van der Waals surface area contributed by atoms with Gasteiger partial charge in [-0.25, -0.2) is 9.67 Å². The van der Waals surface area contributed by atoms with Crippen LogP contribution in [0.5, 0.6) is 0 Å². The van der Waals surface area contributed by atoms with Gasteiger partial charge in [-0.2, -0.15) is 0 Å². The molecule has 0 aliphatic carbocycles. The zero-order valence-electron chi connectivity index (χ0n) is 15.4. The molecule has 2 N–H and O–H groups in total. The summed E-state index contributed by atoms with van der Waals surface area (Å²) < 4.78 is 1.99. The highest BCUT2D eigenvalue weighted by Gasteiger charge is 2.15. The molecular formula is C21H21N7. The van der Waals surface area contributed by atoms with Crippen LogP contribution >= 0.6 is 0 Å². The Morgan fingerprint density at radius 2 is 1.79 bits per heavy atom. The average molecular weight is 371 g/mol. The molecule has 0 amide bonds. The molecule has 1 aliphatic heterocycles. The second-order valence-electron chi connectivity index (χ2n) is 6.75. The Morgan fingerprint density at radius 1 is 0.929 bits per heavy atom. The van der Waals surface area contributed by atoms with Gasteiger partial charge in [0.2, 0.25) is 0 Å². The number of rotatable bonds is 4. The van der Waals surface area contributed by atoms with Gasteiger partial charge < -0.3 is 15.5 Å². The van der Waals surface area contributed by atoms with Crippen molar-refractivity contribution in [2.24, 2.45) is 0 Å². The number of para-hydroxylation sites is 1. The number of nitrogens with one attached hydrogen (secondary N) is 2. The van der Waals surface area contributed by atoms with Gasteiger partial charge in [0.1, 0.15) is 5.82 Å². The lowest BCUT2D eigenvalue weighted by Gasteiger charge is -2.29. The Kier molecular flexibility index (Phi) is 4.34. The van der Waals surface area contributed by atoms with Gasteiger partial charge >= 0.3 is 0 Å². The van der Waals surface area contributed by atoms with Gasteiger partial charge in [0, 0.05) is 49.6 Å². The summed E-state index contributed by atoms with van der Waals surface area (Å²) in [5.74, 6) is 1.44. The number of piperazine rings is 1. The zero-order chi connectivity index (χ0) is 18.8. The molecule has 0 spiro atoms. The van der Waals surface area contributed by atoms with E-state index in [1.54, 1.807) is 18.6 Å². The molecule has 28 heavy (non-hydrogen) atoms. The molecule has 0 atom stereocenters. The molecule has 1 saturated heterocycles. The normalized spacial score (nSPS) is 14.4. The smallest absolute Gasteiger partial charge is 0.162 e. The van der Waals surface area contributed by atoms with Crippen molar-refractivity contribution in [2.75, 3.05) is 36.4 Å².